The lowest BCUT2D eigenvalue weighted by Gasteiger charge is -2.17. The fraction of sp³-hybridized carbons (Fsp3) is 0.438. The van der Waals surface area contributed by atoms with Gasteiger partial charge in [0, 0.05) is 18.7 Å². The van der Waals surface area contributed by atoms with Gasteiger partial charge in [-0.05, 0) is 26.0 Å². The van der Waals surface area contributed by atoms with Crippen LogP contribution < -0.4 is 15.5 Å². The zero-order chi connectivity index (χ0) is 16.8. The summed E-state index contributed by atoms with van der Waals surface area (Å²) in [5.41, 5.74) is 1.94. The van der Waals surface area contributed by atoms with E-state index in [9.17, 15) is 14.4 Å². The molecule has 0 bridgehead atoms. The van der Waals surface area contributed by atoms with Crippen molar-refractivity contribution in [3.8, 4) is 0 Å². The topological polar surface area (TPSA) is 87.7 Å². The second-order valence-corrected chi connectivity index (χ2v) is 5.37. The molecule has 2 N–H and O–H groups in total. The van der Waals surface area contributed by atoms with Crippen molar-refractivity contribution < 1.29 is 19.1 Å². The minimum atomic E-state index is -0.494. The molecule has 1 saturated heterocycles. The van der Waals surface area contributed by atoms with E-state index in [4.69, 9.17) is 4.74 Å². The van der Waals surface area contributed by atoms with E-state index in [0.717, 1.165) is 11.3 Å². The van der Waals surface area contributed by atoms with Gasteiger partial charge in [-0.2, -0.15) is 0 Å². The molecule has 1 aromatic rings. The highest BCUT2D eigenvalue weighted by Gasteiger charge is 2.31. The Morgan fingerprint density at radius 2 is 2.00 bits per heavy atom. The third kappa shape index (κ3) is 4.70. The average molecular weight is 319 g/mol. The number of hydrogen-bond donors (Lipinski definition) is 2. The first kappa shape index (κ1) is 16.8. The molecule has 1 fully saturated rings. The largest absolute Gasteiger partial charge is 0.465 e. The first-order valence-electron chi connectivity index (χ1n) is 7.56. The van der Waals surface area contributed by atoms with E-state index in [2.05, 4.69) is 10.6 Å². The van der Waals surface area contributed by atoms with E-state index in [0.29, 0.717) is 6.54 Å². The van der Waals surface area contributed by atoms with Crippen molar-refractivity contribution in [2.24, 2.45) is 0 Å². The number of urea groups is 1. The Hall–Kier alpha value is -2.57. The molecule has 124 valence electrons. The van der Waals surface area contributed by atoms with Gasteiger partial charge in [-0.3, -0.25) is 9.59 Å². The lowest BCUT2D eigenvalue weighted by molar-refractivity contribution is -0.141. The lowest BCUT2D eigenvalue weighted by atomic mass is 10.2. The Labute approximate surface area is 135 Å². The van der Waals surface area contributed by atoms with Crippen LogP contribution in [-0.2, 0) is 14.3 Å². The molecule has 3 amide bonds. The van der Waals surface area contributed by atoms with E-state index in [1.165, 1.54) is 0 Å². The third-order valence-corrected chi connectivity index (χ3v) is 3.50. The second kappa shape index (κ2) is 7.62. The van der Waals surface area contributed by atoms with Crippen molar-refractivity contribution in [3.63, 3.8) is 0 Å². The molecule has 0 unspecified atom stereocenters. The normalized spacial score (nSPS) is 17.0. The quantitative estimate of drug-likeness (QED) is 0.792. The summed E-state index contributed by atoms with van der Waals surface area (Å²) in [4.78, 5) is 36.6. The number of amides is 3. The number of aryl methyl sites for hydroxylation is 1. The monoisotopic (exact) mass is 319 g/mol. The number of hydrogen-bond acceptors (Lipinski definition) is 4. The van der Waals surface area contributed by atoms with Gasteiger partial charge in [0.1, 0.15) is 6.54 Å². The minimum absolute atomic E-state index is 0.0375. The number of nitrogens with zero attached hydrogens (tertiary/aromatic N) is 1. The van der Waals surface area contributed by atoms with Crippen LogP contribution in [0.3, 0.4) is 0 Å². The molecule has 1 aliphatic rings. The van der Waals surface area contributed by atoms with Gasteiger partial charge in [-0.25, -0.2) is 4.79 Å². The summed E-state index contributed by atoms with van der Waals surface area (Å²) >= 11 is 0. The maximum Gasteiger partial charge on any atom is 0.325 e. The van der Waals surface area contributed by atoms with E-state index in [1.807, 2.05) is 31.2 Å². The molecule has 1 aromatic carbocycles. The fourth-order valence-electron chi connectivity index (χ4n) is 2.38. The van der Waals surface area contributed by atoms with Gasteiger partial charge in [-0.1, -0.05) is 17.7 Å². The van der Waals surface area contributed by atoms with Gasteiger partial charge in [-0.15, -0.1) is 0 Å². The van der Waals surface area contributed by atoms with Crippen molar-refractivity contribution in [3.05, 3.63) is 29.8 Å². The maximum atomic E-state index is 12.1. The highest BCUT2D eigenvalue weighted by molar-refractivity contribution is 5.96. The molecule has 0 aromatic heterocycles. The summed E-state index contributed by atoms with van der Waals surface area (Å²) in [5.74, 6) is -0.532. The molecular weight excluding hydrogens is 298 g/mol. The molecular formula is C16H21N3O4. The third-order valence-electron chi connectivity index (χ3n) is 3.50. The standard InChI is InChI=1S/C16H21N3O4/c1-3-23-15(21)9-17-16(22)18-12-8-14(20)19(10-12)13-6-4-11(2)5-7-13/h4-7,12H,3,8-10H2,1-2H3,(H2,17,18,22)/t12-/m1/s1. The molecule has 1 heterocycles. The highest BCUT2D eigenvalue weighted by Crippen LogP contribution is 2.21. The molecule has 2 rings (SSSR count). The van der Waals surface area contributed by atoms with Gasteiger partial charge in [0.2, 0.25) is 5.91 Å². The Balaban J connectivity index is 1.84. The van der Waals surface area contributed by atoms with Crippen LogP contribution in [0.2, 0.25) is 0 Å². The van der Waals surface area contributed by atoms with Crippen molar-refractivity contribution in [1.82, 2.24) is 10.6 Å². The van der Waals surface area contributed by atoms with Crippen LogP contribution in [-0.4, -0.2) is 43.6 Å². The predicted octanol–water partition coefficient (Wildman–Crippen LogP) is 0.963. The van der Waals surface area contributed by atoms with Crippen LogP contribution in [0.4, 0.5) is 10.5 Å². The highest BCUT2D eigenvalue weighted by atomic mass is 16.5. The number of anilines is 1. The summed E-state index contributed by atoms with van der Waals surface area (Å²) in [5, 5.41) is 5.11. The number of carbonyl (C=O) groups is 3. The number of nitrogens with one attached hydrogen (secondary N) is 2. The van der Waals surface area contributed by atoms with Crippen LogP contribution in [0.1, 0.15) is 18.9 Å². The number of carbonyl (C=O) groups excluding carboxylic acids is 3. The SMILES string of the molecule is CCOC(=O)CNC(=O)N[C@@H]1CC(=O)N(c2ccc(C)cc2)C1. The number of ether oxygens (including phenoxy) is 1. The summed E-state index contributed by atoms with van der Waals surface area (Å²) in [7, 11) is 0. The molecule has 23 heavy (non-hydrogen) atoms. The van der Waals surface area contributed by atoms with Crippen molar-refractivity contribution in [2.75, 3.05) is 24.6 Å². The summed E-state index contributed by atoms with van der Waals surface area (Å²) in [6.07, 6.45) is 0.237. The van der Waals surface area contributed by atoms with E-state index >= 15 is 0 Å². The number of benzene rings is 1. The van der Waals surface area contributed by atoms with Crippen LogP contribution in [0, 0.1) is 6.92 Å². The van der Waals surface area contributed by atoms with Crippen molar-refractivity contribution in [2.45, 2.75) is 26.3 Å². The molecule has 1 atom stereocenters. The molecule has 7 nitrogen and oxygen atoms in total. The smallest absolute Gasteiger partial charge is 0.325 e. The fourth-order valence-corrected chi connectivity index (χ4v) is 2.38. The van der Waals surface area contributed by atoms with E-state index in [-0.39, 0.29) is 31.5 Å². The molecule has 0 aliphatic carbocycles. The lowest BCUT2D eigenvalue weighted by Crippen LogP contribution is -2.45. The zero-order valence-corrected chi connectivity index (χ0v) is 13.3. The Bertz CT molecular complexity index is 585. The Morgan fingerprint density at radius 1 is 1.30 bits per heavy atom. The maximum absolute atomic E-state index is 12.1. The molecule has 0 radical (unpaired) electrons. The van der Waals surface area contributed by atoms with Gasteiger partial charge in [0.15, 0.2) is 0 Å². The van der Waals surface area contributed by atoms with Gasteiger partial charge in [0.25, 0.3) is 0 Å². The molecule has 7 heteroatoms. The van der Waals surface area contributed by atoms with Crippen molar-refractivity contribution >= 4 is 23.6 Å². The van der Waals surface area contributed by atoms with Crippen LogP contribution in [0.5, 0.6) is 0 Å². The summed E-state index contributed by atoms with van der Waals surface area (Å²) < 4.78 is 4.72. The molecule has 1 aliphatic heterocycles. The van der Waals surface area contributed by atoms with Gasteiger partial charge >= 0.3 is 12.0 Å². The number of esters is 1. The first-order chi connectivity index (χ1) is 11.0. The summed E-state index contributed by atoms with van der Waals surface area (Å²) in [6.45, 7) is 4.16. The molecule has 0 saturated carbocycles. The van der Waals surface area contributed by atoms with E-state index < -0.39 is 12.0 Å². The average Bonchev–Trinajstić information content (AvgIpc) is 2.87. The number of rotatable bonds is 5. The minimum Gasteiger partial charge on any atom is -0.465 e. The van der Waals surface area contributed by atoms with Crippen LogP contribution in [0.15, 0.2) is 24.3 Å². The van der Waals surface area contributed by atoms with Gasteiger partial charge in [0.05, 0.1) is 12.6 Å². The zero-order valence-electron chi connectivity index (χ0n) is 13.3. The first-order valence-corrected chi connectivity index (χ1v) is 7.56. The second-order valence-electron chi connectivity index (χ2n) is 5.37. The van der Waals surface area contributed by atoms with Crippen LogP contribution in [0.25, 0.3) is 0 Å². The van der Waals surface area contributed by atoms with Crippen LogP contribution >= 0.6 is 0 Å². The van der Waals surface area contributed by atoms with E-state index in [1.54, 1.807) is 11.8 Å². The molecule has 0 spiro atoms. The summed E-state index contributed by atoms with van der Waals surface area (Å²) in [6, 6.07) is 6.88. The Morgan fingerprint density at radius 3 is 2.65 bits per heavy atom. The predicted molar refractivity (Wildman–Crippen MR) is 85.1 cm³/mol. The van der Waals surface area contributed by atoms with Gasteiger partial charge < -0.3 is 20.3 Å². The Kier molecular flexibility index (Phi) is 5.56. The van der Waals surface area contributed by atoms with Crippen molar-refractivity contribution in [1.29, 1.82) is 0 Å².